The van der Waals surface area contributed by atoms with Crippen molar-refractivity contribution in [3.05, 3.63) is 119 Å². The average molecular weight is 451 g/mol. The second kappa shape index (κ2) is 9.11. The first kappa shape index (κ1) is 21.3. The van der Waals surface area contributed by atoms with Crippen LogP contribution in [0.4, 0.5) is 0 Å². The van der Waals surface area contributed by atoms with Gasteiger partial charge in [0, 0.05) is 12.1 Å². The Bertz CT molecular complexity index is 1370. The smallest absolute Gasteiger partial charge is 0.261 e. The lowest BCUT2D eigenvalue weighted by molar-refractivity contribution is 0.0642. The highest BCUT2D eigenvalue weighted by atomic mass is 16.2. The standard InChI is InChI=1S/C26H21N5O3/c32-24(28-13-19-7-4-8-20(11-19)14-30-17-27-16-29-30)21-9-10-22-23(12-21)26(34)31(25(22)33)15-18-5-2-1-3-6-18/h1-12,16-17H,13-15H2,(H,28,32). The summed E-state index contributed by atoms with van der Waals surface area (Å²) in [5.74, 6) is -1.05. The van der Waals surface area contributed by atoms with Crippen LogP contribution in [0.15, 0.2) is 85.5 Å². The normalized spacial score (nSPS) is 12.6. The molecule has 0 unspecified atom stereocenters. The highest BCUT2D eigenvalue weighted by Crippen LogP contribution is 2.25. The molecule has 8 nitrogen and oxygen atoms in total. The molecule has 168 valence electrons. The van der Waals surface area contributed by atoms with Crippen LogP contribution in [-0.2, 0) is 19.6 Å². The molecule has 5 rings (SSSR count). The Morgan fingerprint density at radius 1 is 0.794 bits per heavy atom. The predicted octanol–water partition coefficient (Wildman–Crippen LogP) is 3.05. The van der Waals surface area contributed by atoms with Crippen molar-refractivity contribution < 1.29 is 14.4 Å². The largest absolute Gasteiger partial charge is 0.348 e. The summed E-state index contributed by atoms with van der Waals surface area (Å²) in [7, 11) is 0. The van der Waals surface area contributed by atoms with Gasteiger partial charge in [-0.05, 0) is 34.9 Å². The Balaban J connectivity index is 1.26. The van der Waals surface area contributed by atoms with E-state index in [0.29, 0.717) is 24.2 Å². The molecule has 4 aromatic rings. The third-order valence-corrected chi connectivity index (χ3v) is 5.67. The molecule has 3 amide bonds. The van der Waals surface area contributed by atoms with E-state index in [1.165, 1.54) is 17.3 Å². The number of hydrogen-bond acceptors (Lipinski definition) is 5. The summed E-state index contributed by atoms with van der Waals surface area (Å²) in [6.45, 7) is 1.11. The zero-order valence-electron chi connectivity index (χ0n) is 18.2. The minimum atomic E-state index is -0.390. The van der Waals surface area contributed by atoms with Gasteiger partial charge in [-0.25, -0.2) is 9.67 Å². The molecule has 8 heteroatoms. The molecule has 1 aromatic heterocycles. The fourth-order valence-electron chi connectivity index (χ4n) is 3.97. The van der Waals surface area contributed by atoms with E-state index in [9.17, 15) is 14.4 Å². The highest BCUT2D eigenvalue weighted by molar-refractivity contribution is 6.22. The summed E-state index contributed by atoms with van der Waals surface area (Å²) >= 11 is 0. The molecule has 0 atom stereocenters. The summed E-state index contributed by atoms with van der Waals surface area (Å²) in [5.41, 5.74) is 3.74. The molecule has 0 saturated heterocycles. The topological polar surface area (TPSA) is 97.2 Å². The van der Waals surface area contributed by atoms with E-state index in [1.807, 2.05) is 54.6 Å². The van der Waals surface area contributed by atoms with Crippen molar-refractivity contribution in [3.8, 4) is 0 Å². The van der Waals surface area contributed by atoms with Crippen LogP contribution in [0.1, 0.15) is 47.8 Å². The number of amides is 3. The number of hydrogen-bond donors (Lipinski definition) is 1. The average Bonchev–Trinajstić information content (AvgIpc) is 3.46. The molecule has 0 radical (unpaired) electrons. The lowest BCUT2D eigenvalue weighted by Gasteiger charge is -2.13. The Hall–Kier alpha value is -4.59. The van der Waals surface area contributed by atoms with E-state index >= 15 is 0 Å². The van der Waals surface area contributed by atoms with Crippen molar-refractivity contribution >= 4 is 17.7 Å². The quantitative estimate of drug-likeness (QED) is 0.436. The molecule has 2 heterocycles. The molecular formula is C26H21N5O3. The lowest BCUT2D eigenvalue weighted by Crippen LogP contribution is -2.29. The SMILES string of the molecule is O=C(NCc1cccc(Cn2cncn2)c1)c1ccc2c(c1)C(=O)N(Cc1ccccc1)C2=O. The second-order valence-electron chi connectivity index (χ2n) is 8.04. The van der Waals surface area contributed by atoms with Crippen LogP contribution in [0.2, 0.25) is 0 Å². The summed E-state index contributed by atoms with van der Waals surface area (Å²) in [6, 6.07) is 21.8. The number of carbonyl (C=O) groups excluding carboxylic acids is 3. The zero-order valence-corrected chi connectivity index (χ0v) is 18.2. The van der Waals surface area contributed by atoms with Gasteiger partial charge in [-0.2, -0.15) is 5.10 Å². The van der Waals surface area contributed by atoms with Crippen molar-refractivity contribution in [1.29, 1.82) is 0 Å². The third kappa shape index (κ3) is 4.33. The van der Waals surface area contributed by atoms with Gasteiger partial charge in [-0.1, -0.05) is 54.6 Å². The number of nitrogens with zero attached hydrogens (tertiary/aromatic N) is 4. The Morgan fingerprint density at radius 3 is 2.35 bits per heavy atom. The van der Waals surface area contributed by atoms with Crippen LogP contribution in [0.5, 0.6) is 0 Å². The van der Waals surface area contributed by atoms with E-state index in [0.717, 1.165) is 16.7 Å². The number of imide groups is 1. The van der Waals surface area contributed by atoms with E-state index in [-0.39, 0.29) is 29.8 Å². The molecule has 0 bridgehead atoms. The highest BCUT2D eigenvalue weighted by Gasteiger charge is 2.35. The minimum Gasteiger partial charge on any atom is -0.348 e. The zero-order chi connectivity index (χ0) is 23.5. The van der Waals surface area contributed by atoms with Gasteiger partial charge in [0.25, 0.3) is 17.7 Å². The van der Waals surface area contributed by atoms with Crippen LogP contribution < -0.4 is 5.32 Å². The van der Waals surface area contributed by atoms with Crippen molar-refractivity contribution in [3.63, 3.8) is 0 Å². The van der Waals surface area contributed by atoms with E-state index in [1.54, 1.807) is 23.1 Å². The molecule has 0 aliphatic carbocycles. The van der Waals surface area contributed by atoms with Crippen LogP contribution >= 0.6 is 0 Å². The fraction of sp³-hybridized carbons (Fsp3) is 0.115. The first-order valence-corrected chi connectivity index (χ1v) is 10.8. The molecule has 1 aliphatic rings. The van der Waals surface area contributed by atoms with Crippen molar-refractivity contribution in [1.82, 2.24) is 25.0 Å². The predicted molar refractivity (Wildman–Crippen MR) is 124 cm³/mol. The molecule has 3 aromatic carbocycles. The van der Waals surface area contributed by atoms with Gasteiger partial charge in [0.1, 0.15) is 12.7 Å². The van der Waals surface area contributed by atoms with Crippen LogP contribution in [0.3, 0.4) is 0 Å². The number of rotatable bonds is 7. The van der Waals surface area contributed by atoms with Crippen molar-refractivity contribution in [2.24, 2.45) is 0 Å². The maximum absolute atomic E-state index is 12.9. The molecule has 0 saturated carbocycles. The summed E-state index contributed by atoms with van der Waals surface area (Å²) in [4.78, 5) is 43.6. The summed E-state index contributed by atoms with van der Waals surface area (Å²) in [6.07, 6.45) is 3.13. The number of fused-ring (bicyclic) bond motifs is 1. The Labute approximate surface area is 195 Å². The first-order chi connectivity index (χ1) is 16.6. The molecule has 0 fully saturated rings. The van der Waals surface area contributed by atoms with Gasteiger partial charge in [-0.15, -0.1) is 0 Å². The molecule has 0 spiro atoms. The fourth-order valence-corrected chi connectivity index (χ4v) is 3.97. The first-order valence-electron chi connectivity index (χ1n) is 10.8. The Kier molecular flexibility index (Phi) is 5.70. The van der Waals surface area contributed by atoms with Crippen molar-refractivity contribution in [2.45, 2.75) is 19.6 Å². The monoisotopic (exact) mass is 451 g/mol. The van der Waals surface area contributed by atoms with Gasteiger partial charge >= 0.3 is 0 Å². The van der Waals surface area contributed by atoms with Crippen molar-refractivity contribution in [2.75, 3.05) is 0 Å². The van der Waals surface area contributed by atoms with Gasteiger partial charge < -0.3 is 5.32 Å². The van der Waals surface area contributed by atoms with Gasteiger partial charge in [0.05, 0.1) is 24.2 Å². The molecule has 1 aliphatic heterocycles. The second-order valence-corrected chi connectivity index (χ2v) is 8.04. The number of nitrogens with one attached hydrogen (secondary N) is 1. The third-order valence-electron chi connectivity index (χ3n) is 5.67. The van der Waals surface area contributed by atoms with E-state index < -0.39 is 0 Å². The molecular weight excluding hydrogens is 430 g/mol. The maximum atomic E-state index is 12.9. The van der Waals surface area contributed by atoms with Gasteiger partial charge in [0.15, 0.2) is 0 Å². The maximum Gasteiger partial charge on any atom is 0.261 e. The number of aromatic nitrogens is 3. The van der Waals surface area contributed by atoms with E-state index in [2.05, 4.69) is 15.4 Å². The minimum absolute atomic E-state index is 0.194. The summed E-state index contributed by atoms with van der Waals surface area (Å²) in [5, 5.41) is 6.99. The molecule has 34 heavy (non-hydrogen) atoms. The van der Waals surface area contributed by atoms with E-state index in [4.69, 9.17) is 0 Å². The lowest BCUT2D eigenvalue weighted by atomic mass is 10.1. The van der Waals surface area contributed by atoms with Gasteiger partial charge in [0.2, 0.25) is 0 Å². The molecule has 1 N–H and O–H groups in total. The Morgan fingerprint density at radius 2 is 1.56 bits per heavy atom. The van der Waals surface area contributed by atoms with Crippen LogP contribution in [0.25, 0.3) is 0 Å². The van der Waals surface area contributed by atoms with Crippen LogP contribution in [-0.4, -0.2) is 37.4 Å². The van der Waals surface area contributed by atoms with Crippen LogP contribution in [0, 0.1) is 0 Å². The number of benzene rings is 3. The number of carbonyl (C=O) groups is 3. The van der Waals surface area contributed by atoms with Gasteiger partial charge in [-0.3, -0.25) is 19.3 Å². The summed E-state index contributed by atoms with van der Waals surface area (Å²) < 4.78 is 1.72.